The van der Waals surface area contributed by atoms with E-state index in [0.717, 1.165) is 0 Å². The molecule has 0 radical (unpaired) electrons. The summed E-state index contributed by atoms with van der Waals surface area (Å²) in [5.74, 6) is -2.02. The van der Waals surface area contributed by atoms with E-state index in [1.54, 1.807) is 13.0 Å². The van der Waals surface area contributed by atoms with Gasteiger partial charge in [0.15, 0.2) is 5.69 Å². The molecule has 2 N–H and O–H groups in total. The Labute approximate surface area is 143 Å². The van der Waals surface area contributed by atoms with Crippen LogP contribution in [0.2, 0.25) is 0 Å². The monoisotopic (exact) mass is 346 g/mol. The zero-order valence-electron chi connectivity index (χ0n) is 13.7. The number of hydrogen-bond donors (Lipinski definition) is 2. The van der Waals surface area contributed by atoms with Crippen LogP contribution in [0.4, 0.5) is 5.69 Å². The number of aliphatic carboxylic acids is 1. The number of rotatable bonds is 7. The van der Waals surface area contributed by atoms with Gasteiger partial charge in [-0.05, 0) is 18.1 Å². The normalized spacial score (nSPS) is 13.0. The zero-order chi connectivity index (χ0) is 18.6. The summed E-state index contributed by atoms with van der Waals surface area (Å²) >= 11 is 0. The number of nitrogens with zero attached hydrogens (tertiary/aromatic N) is 3. The van der Waals surface area contributed by atoms with Gasteiger partial charge < -0.3 is 10.4 Å². The van der Waals surface area contributed by atoms with Crippen molar-refractivity contribution in [2.75, 3.05) is 0 Å². The molecule has 9 nitrogen and oxygen atoms in total. The van der Waals surface area contributed by atoms with Crippen LogP contribution in [-0.4, -0.2) is 37.7 Å². The average Bonchev–Trinajstić information content (AvgIpc) is 3.08. The first kappa shape index (κ1) is 18.1. The SMILES string of the molecule is CC[C@H](C)[C@H](NC(=O)c1ccn(-c2ccccc2[N+](=O)[O-])n1)C(=O)O. The van der Waals surface area contributed by atoms with E-state index in [1.165, 1.54) is 35.1 Å². The summed E-state index contributed by atoms with van der Waals surface area (Å²) in [6.07, 6.45) is 2.00. The van der Waals surface area contributed by atoms with Crippen molar-refractivity contribution in [2.24, 2.45) is 5.92 Å². The quantitative estimate of drug-likeness (QED) is 0.583. The van der Waals surface area contributed by atoms with Crippen molar-refractivity contribution in [3.8, 4) is 5.69 Å². The Morgan fingerprint density at radius 1 is 1.36 bits per heavy atom. The highest BCUT2D eigenvalue weighted by molar-refractivity contribution is 5.95. The van der Waals surface area contributed by atoms with Crippen molar-refractivity contribution in [3.63, 3.8) is 0 Å². The van der Waals surface area contributed by atoms with Crippen LogP contribution in [0.15, 0.2) is 36.5 Å². The van der Waals surface area contributed by atoms with E-state index in [4.69, 9.17) is 0 Å². The fourth-order valence-corrected chi connectivity index (χ4v) is 2.29. The highest BCUT2D eigenvalue weighted by Gasteiger charge is 2.26. The molecule has 0 spiro atoms. The van der Waals surface area contributed by atoms with Gasteiger partial charge in [0.1, 0.15) is 11.7 Å². The summed E-state index contributed by atoms with van der Waals surface area (Å²) in [4.78, 5) is 34.1. The summed E-state index contributed by atoms with van der Waals surface area (Å²) in [5.41, 5.74) is 0.0385. The molecular formula is C16H18N4O5. The van der Waals surface area contributed by atoms with Crippen LogP contribution in [0.1, 0.15) is 30.8 Å². The van der Waals surface area contributed by atoms with Gasteiger partial charge in [-0.2, -0.15) is 5.10 Å². The fraction of sp³-hybridized carbons (Fsp3) is 0.312. The minimum Gasteiger partial charge on any atom is -0.480 e. The number of hydrogen-bond acceptors (Lipinski definition) is 5. The topological polar surface area (TPSA) is 127 Å². The Morgan fingerprint density at radius 2 is 2.04 bits per heavy atom. The van der Waals surface area contributed by atoms with E-state index >= 15 is 0 Å². The number of nitrogens with one attached hydrogen (secondary N) is 1. The molecule has 2 aromatic rings. The maximum absolute atomic E-state index is 12.3. The van der Waals surface area contributed by atoms with E-state index < -0.39 is 22.8 Å². The van der Waals surface area contributed by atoms with Crippen molar-refractivity contribution < 1.29 is 19.6 Å². The van der Waals surface area contributed by atoms with E-state index in [1.807, 2.05) is 6.92 Å². The molecule has 0 unspecified atom stereocenters. The second-order valence-electron chi connectivity index (χ2n) is 5.57. The molecule has 132 valence electrons. The van der Waals surface area contributed by atoms with Gasteiger partial charge in [0.2, 0.25) is 0 Å². The lowest BCUT2D eigenvalue weighted by Crippen LogP contribution is -2.45. The van der Waals surface area contributed by atoms with Gasteiger partial charge in [0, 0.05) is 12.3 Å². The van der Waals surface area contributed by atoms with Crippen LogP contribution in [0.25, 0.3) is 5.69 Å². The number of carbonyl (C=O) groups is 2. The third-order valence-electron chi connectivity index (χ3n) is 3.91. The fourth-order valence-electron chi connectivity index (χ4n) is 2.29. The lowest BCUT2D eigenvalue weighted by Gasteiger charge is -2.19. The molecule has 0 aliphatic carbocycles. The summed E-state index contributed by atoms with van der Waals surface area (Å²) in [5, 5.41) is 26.8. The molecular weight excluding hydrogens is 328 g/mol. The largest absolute Gasteiger partial charge is 0.480 e. The molecule has 2 atom stereocenters. The molecule has 0 saturated carbocycles. The smallest absolute Gasteiger partial charge is 0.326 e. The van der Waals surface area contributed by atoms with Crippen molar-refractivity contribution in [3.05, 3.63) is 52.3 Å². The predicted octanol–water partition coefficient (Wildman–Crippen LogP) is 2.01. The molecule has 25 heavy (non-hydrogen) atoms. The number of nitro groups is 1. The Balaban J connectivity index is 2.25. The molecule has 0 aliphatic heterocycles. The number of benzene rings is 1. The van der Waals surface area contributed by atoms with Crippen LogP contribution in [0.5, 0.6) is 0 Å². The number of carboxylic acids is 1. The summed E-state index contributed by atoms with van der Waals surface area (Å²) in [7, 11) is 0. The standard InChI is InChI=1S/C16H18N4O5/c1-3-10(2)14(16(22)23)17-15(21)11-8-9-19(18-11)12-6-4-5-7-13(12)20(24)25/h4-10,14H,3H2,1-2H3,(H,17,21)(H,22,23)/t10-,14-/m0/s1. The first-order chi connectivity index (χ1) is 11.8. The Hall–Kier alpha value is -3.23. The van der Waals surface area contributed by atoms with E-state index in [-0.39, 0.29) is 23.0 Å². The van der Waals surface area contributed by atoms with Gasteiger partial charge in [-0.25, -0.2) is 9.48 Å². The molecule has 9 heteroatoms. The molecule has 2 rings (SSSR count). The van der Waals surface area contributed by atoms with Gasteiger partial charge in [-0.3, -0.25) is 14.9 Å². The lowest BCUT2D eigenvalue weighted by atomic mass is 9.99. The lowest BCUT2D eigenvalue weighted by molar-refractivity contribution is -0.384. The second kappa shape index (κ2) is 7.56. The third kappa shape index (κ3) is 4.00. The minimum absolute atomic E-state index is 0.0206. The molecule has 1 amide bonds. The molecule has 0 fully saturated rings. The van der Waals surface area contributed by atoms with E-state index in [2.05, 4.69) is 10.4 Å². The van der Waals surface area contributed by atoms with Gasteiger partial charge in [0.25, 0.3) is 11.6 Å². The molecule has 0 bridgehead atoms. The van der Waals surface area contributed by atoms with Crippen LogP contribution in [0, 0.1) is 16.0 Å². The van der Waals surface area contributed by atoms with Gasteiger partial charge in [-0.1, -0.05) is 32.4 Å². The number of carbonyl (C=O) groups excluding carboxylic acids is 1. The molecule has 1 aromatic heterocycles. The summed E-state index contributed by atoms with van der Waals surface area (Å²) in [6.45, 7) is 3.56. The predicted molar refractivity (Wildman–Crippen MR) is 88.6 cm³/mol. The first-order valence-corrected chi connectivity index (χ1v) is 7.68. The number of aromatic nitrogens is 2. The zero-order valence-corrected chi connectivity index (χ0v) is 13.7. The Bertz CT molecular complexity index is 801. The van der Waals surface area contributed by atoms with Crippen LogP contribution in [0.3, 0.4) is 0 Å². The maximum Gasteiger partial charge on any atom is 0.326 e. The molecule has 1 heterocycles. The first-order valence-electron chi connectivity index (χ1n) is 7.68. The Kier molecular flexibility index (Phi) is 5.48. The maximum atomic E-state index is 12.3. The Morgan fingerprint density at radius 3 is 2.64 bits per heavy atom. The number of nitro benzene ring substituents is 1. The molecule has 0 aliphatic rings. The summed E-state index contributed by atoms with van der Waals surface area (Å²) < 4.78 is 1.21. The molecule has 0 saturated heterocycles. The molecule has 1 aromatic carbocycles. The van der Waals surface area contributed by atoms with E-state index in [9.17, 15) is 24.8 Å². The van der Waals surface area contributed by atoms with E-state index in [0.29, 0.717) is 6.42 Å². The number of carboxylic acid groups (broad SMARTS) is 1. The average molecular weight is 346 g/mol. The van der Waals surface area contributed by atoms with Crippen molar-refractivity contribution in [2.45, 2.75) is 26.3 Å². The summed E-state index contributed by atoms with van der Waals surface area (Å²) in [6, 6.07) is 6.33. The third-order valence-corrected chi connectivity index (χ3v) is 3.91. The van der Waals surface area contributed by atoms with Gasteiger partial charge in [-0.15, -0.1) is 0 Å². The van der Waals surface area contributed by atoms with Crippen molar-refractivity contribution in [1.82, 2.24) is 15.1 Å². The highest BCUT2D eigenvalue weighted by atomic mass is 16.6. The van der Waals surface area contributed by atoms with Crippen LogP contribution in [-0.2, 0) is 4.79 Å². The van der Waals surface area contributed by atoms with Crippen LogP contribution < -0.4 is 5.32 Å². The second-order valence-corrected chi connectivity index (χ2v) is 5.57. The van der Waals surface area contributed by atoms with Gasteiger partial charge >= 0.3 is 5.97 Å². The van der Waals surface area contributed by atoms with Gasteiger partial charge in [0.05, 0.1) is 4.92 Å². The number of para-hydroxylation sites is 2. The number of amides is 1. The van der Waals surface area contributed by atoms with Crippen LogP contribution >= 0.6 is 0 Å². The minimum atomic E-state index is -1.12. The highest BCUT2D eigenvalue weighted by Crippen LogP contribution is 2.21. The van der Waals surface area contributed by atoms with Crippen molar-refractivity contribution >= 4 is 17.6 Å². The van der Waals surface area contributed by atoms with Crippen molar-refractivity contribution in [1.29, 1.82) is 0 Å².